The minimum Gasteiger partial charge on any atom is -0.355 e. The highest BCUT2D eigenvalue weighted by Crippen LogP contribution is 1.91. The summed E-state index contributed by atoms with van der Waals surface area (Å²) in [5.74, 6) is 7.29. The minimum atomic E-state index is 0.512. The number of hydrogen-bond donors (Lipinski definition) is 3. The van der Waals surface area contributed by atoms with E-state index in [-0.39, 0.29) is 0 Å². The maximum Gasteiger partial charge on any atom is 0.205 e. The first-order valence-electron chi connectivity index (χ1n) is 5.71. The Morgan fingerprint density at radius 3 is 2.88 bits per heavy atom. The van der Waals surface area contributed by atoms with Gasteiger partial charge in [-0.15, -0.1) is 0 Å². The van der Waals surface area contributed by atoms with Crippen molar-refractivity contribution in [2.75, 3.05) is 13.1 Å². The highest BCUT2D eigenvalue weighted by atomic mass is 15.3. The van der Waals surface area contributed by atoms with Crippen LogP contribution in [0, 0.1) is 5.92 Å². The van der Waals surface area contributed by atoms with Crippen LogP contribution in [-0.4, -0.2) is 33.8 Å². The zero-order valence-corrected chi connectivity index (χ0v) is 10.6. The Labute approximate surface area is 101 Å². The van der Waals surface area contributed by atoms with Crippen LogP contribution in [0.4, 0.5) is 0 Å². The Bertz CT molecular complexity index is 355. The fourth-order valence-corrected chi connectivity index (χ4v) is 1.22. The lowest BCUT2D eigenvalue weighted by Crippen LogP contribution is -2.42. The molecule has 0 unspecified atom stereocenters. The molecule has 0 aliphatic rings. The van der Waals surface area contributed by atoms with E-state index in [1.807, 2.05) is 7.05 Å². The van der Waals surface area contributed by atoms with Crippen molar-refractivity contribution in [3.8, 4) is 0 Å². The molecule has 1 aromatic rings. The molecule has 0 bridgehead atoms. The van der Waals surface area contributed by atoms with Gasteiger partial charge in [-0.1, -0.05) is 13.8 Å². The molecule has 0 radical (unpaired) electrons. The minimum absolute atomic E-state index is 0.512. The van der Waals surface area contributed by atoms with E-state index < -0.39 is 0 Å². The van der Waals surface area contributed by atoms with Gasteiger partial charge >= 0.3 is 0 Å². The predicted octanol–water partition coefficient (Wildman–Crippen LogP) is -0.577. The predicted molar refractivity (Wildman–Crippen MR) is 67.2 cm³/mol. The average molecular weight is 239 g/mol. The number of nitrogens with one attached hydrogen (secondary N) is 2. The average Bonchev–Trinajstić information content (AvgIpc) is 2.69. The quantitative estimate of drug-likeness (QED) is 0.277. The van der Waals surface area contributed by atoms with Gasteiger partial charge in [0.25, 0.3) is 0 Å². The fraction of sp³-hybridized carbons (Fsp3) is 0.700. The molecule has 0 saturated heterocycles. The Kier molecular flexibility index (Phi) is 5.41. The molecular formula is C10H21N7. The fourth-order valence-electron chi connectivity index (χ4n) is 1.22. The molecule has 0 aromatic carbocycles. The monoisotopic (exact) mass is 239 g/mol. The van der Waals surface area contributed by atoms with E-state index in [0.717, 1.165) is 18.8 Å². The third-order valence-electron chi connectivity index (χ3n) is 2.04. The Morgan fingerprint density at radius 2 is 2.35 bits per heavy atom. The summed E-state index contributed by atoms with van der Waals surface area (Å²) >= 11 is 0. The van der Waals surface area contributed by atoms with E-state index >= 15 is 0 Å². The first-order valence-corrected chi connectivity index (χ1v) is 5.71. The molecule has 0 saturated carbocycles. The molecule has 0 atom stereocenters. The number of aryl methyl sites for hydroxylation is 1. The van der Waals surface area contributed by atoms with Gasteiger partial charge in [0.2, 0.25) is 5.96 Å². The molecule has 4 N–H and O–H groups in total. The molecular weight excluding hydrogens is 218 g/mol. The van der Waals surface area contributed by atoms with Gasteiger partial charge in [0.1, 0.15) is 6.33 Å². The first kappa shape index (κ1) is 13.4. The maximum atomic E-state index is 5.36. The molecule has 1 aromatic heterocycles. The summed E-state index contributed by atoms with van der Waals surface area (Å²) in [6.45, 7) is 5.66. The van der Waals surface area contributed by atoms with Crippen LogP contribution >= 0.6 is 0 Å². The van der Waals surface area contributed by atoms with Crippen molar-refractivity contribution in [3.63, 3.8) is 0 Å². The van der Waals surface area contributed by atoms with E-state index in [1.54, 1.807) is 11.0 Å². The number of nitrogens with two attached hydrogens (primary N) is 1. The molecule has 7 heteroatoms. The van der Waals surface area contributed by atoms with Gasteiger partial charge in [0, 0.05) is 26.6 Å². The summed E-state index contributed by atoms with van der Waals surface area (Å²) in [5.41, 5.74) is 2.54. The largest absolute Gasteiger partial charge is 0.355 e. The summed E-state index contributed by atoms with van der Waals surface area (Å²) in [6.07, 6.45) is 2.42. The normalized spacial score (nSPS) is 11.9. The van der Waals surface area contributed by atoms with E-state index in [1.165, 1.54) is 0 Å². The van der Waals surface area contributed by atoms with Crippen molar-refractivity contribution >= 4 is 5.96 Å². The Hall–Kier alpha value is -1.63. The molecule has 1 heterocycles. The number of nitrogens with zero attached hydrogens (tertiary/aromatic N) is 4. The van der Waals surface area contributed by atoms with Crippen LogP contribution in [0.2, 0.25) is 0 Å². The van der Waals surface area contributed by atoms with Gasteiger partial charge < -0.3 is 5.32 Å². The van der Waals surface area contributed by atoms with Crippen LogP contribution in [0.1, 0.15) is 19.7 Å². The number of hydrogen-bond acceptors (Lipinski definition) is 4. The molecule has 0 fully saturated rings. The van der Waals surface area contributed by atoms with Crippen LogP contribution in [0.5, 0.6) is 0 Å². The van der Waals surface area contributed by atoms with Crippen LogP contribution in [0.3, 0.4) is 0 Å². The summed E-state index contributed by atoms with van der Waals surface area (Å²) in [7, 11) is 1.85. The summed E-state index contributed by atoms with van der Waals surface area (Å²) in [4.78, 5) is 8.43. The number of aromatic nitrogens is 3. The lowest BCUT2D eigenvalue weighted by Gasteiger charge is -2.08. The van der Waals surface area contributed by atoms with E-state index in [9.17, 15) is 0 Å². The van der Waals surface area contributed by atoms with Crippen molar-refractivity contribution < 1.29 is 0 Å². The van der Waals surface area contributed by atoms with Crippen LogP contribution in [0.25, 0.3) is 0 Å². The van der Waals surface area contributed by atoms with Gasteiger partial charge in [0.05, 0.1) is 0 Å². The van der Waals surface area contributed by atoms with Crippen LogP contribution in [-0.2, 0) is 13.5 Å². The number of hydrazine groups is 1. The second-order valence-electron chi connectivity index (χ2n) is 4.24. The van der Waals surface area contributed by atoms with Crippen molar-refractivity contribution in [1.82, 2.24) is 25.5 Å². The second-order valence-corrected chi connectivity index (χ2v) is 4.24. The molecule has 1 rings (SSSR count). The summed E-state index contributed by atoms with van der Waals surface area (Å²) in [6, 6.07) is 0. The van der Waals surface area contributed by atoms with Crippen molar-refractivity contribution in [2.24, 2.45) is 23.8 Å². The number of aliphatic imine (C=N–C) groups is 1. The van der Waals surface area contributed by atoms with Gasteiger partial charge in [0.15, 0.2) is 5.82 Å². The SMILES string of the molecule is CC(C)CN=C(NN)NCCc1ncn(C)n1. The topological polar surface area (TPSA) is 93.1 Å². The molecule has 0 aliphatic heterocycles. The van der Waals surface area contributed by atoms with E-state index in [4.69, 9.17) is 5.84 Å². The molecule has 0 aliphatic carbocycles. The maximum absolute atomic E-state index is 5.36. The summed E-state index contributed by atoms with van der Waals surface area (Å²) in [5, 5.41) is 7.29. The summed E-state index contributed by atoms with van der Waals surface area (Å²) < 4.78 is 1.68. The lowest BCUT2D eigenvalue weighted by molar-refractivity contribution is 0.655. The van der Waals surface area contributed by atoms with Crippen molar-refractivity contribution in [1.29, 1.82) is 0 Å². The van der Waals surface area contributed by atoms with Crippen molar-refractivity contribution in [2.45, 2.75) is 20.3 Å². The lowest BCUT2D eigenvalue weighted by atomic mass is 10.2. The molecule has 7 nitrogen and oxygen atoms in total. The molecule has 17 heavy (non-hydrogen) atoms. The second kappa shape index (κ2) is 6.85. The highest BCUT2D eigenvalue weighted by molar-refractivity contribution is 5.79. The molecule has 0 amide bonds. The zero-order chi connectivity index (χ0) is 12.7. The number of guanidine groups is 1. The molecule has 0 spiro atoms. The van der Waals surface area contributed by atoms with E-state index in [2.05, 4.69) is 39.7 Å². The van der Waals surface area contributed by atoms with Crippen molar-refractivity contribution in [3.05, 3.63) is 12.2 Å². The van der Waals surface area contributed by atoms with Crippen LogP contribution in [0.15, 0.2) is 11.3 Å². The standard InChI is InChI=1S/C10H21N7/c1-8(2)6-13-10(15-11)12-5-4-9-14-7-17(3)16-9/h7-8H,4-6,11H2,1-3H3,(H2,12,13,15). The van der Waals surface area contributed by atoms with Crippen LogP contribution < -0.4 is 16.6 Å². The first-order chi connectivity index (χ1) is 8.11. The highest BCUT2D eigenvalue weighted by Gasteiger charge is 2.00. The Morgan fingerprint density at radius 1 is 1.59 bits per heavy atom. The third-order valence-corrected chi connectivity index (χ3v) is 2.04. The number of rotatable bonds is 5. The van der Waals surface area contributed by atoms with Gasteiger partial charge in [-0.2, -0.15) is 5.10 Å². The smallest absolute Gasteiger partial charge is 0.205 e. The van der Waals surface area contributed by atoms with Gasteiger partial charge in [-0.05, 0) is 5.92 Å². The zero-order valence-electron chi connectivity index (χ0n) is 10.6. The van der Waals surface area contributed by atoms with Gasteiger partial charge in [-0.3, -0.25) is 15.1 Å². The Balaban J connectivity index is 2.30. The molecule has 96 valence electrons. The van der Waals surface area contributed by atoms with Gasteiger partial charge in [-0.25, -0.2) is 10.8 Å². The van der Waals surface area contributed by atoms with E-state index in [0.29, 0.717) is 18.4 Å². The third kappa shape index (κ3) is 5.30.